The molecule has 4 heterocycles. The summed E-state index contributed by atoms with van der Waals surface area (Å²) in [5.41, 5.74) is 11.6. The zero-order valence-corrected chi connectivity index (χ0v) is 17.5. The Labute approximate surface area is 177 Å². The Morgan fingerprint density at radius 3 is 2.60 bits per heavy atom. The molecule has 0 amide bonds. The first-order chi connectivity index (χ1) is 14.8. The first-order valence-corrected chi connectivity index (χ1v) is 11.3. The molecule has 0 bridgehead atoms. The van der Waals surface area contributed by atoms with Crippen molar-refractivity contribution in [3.05, 3.63) is 36.4 Å². The SMILES string of the molecule is Nc1ccc2c(c(C3CCCNCC3)nn2C2CCCNCC2)c1-c1ccncn1. The predicted octanol–water partition coefficient (Wildman–Crippen LogP) is 3.25. The van der Waals surface area contributed by atoms with Crippen LogP contribution in [-0.4, -0.2) is 45.9 Å². The van der Waals surface area contributed by atoms with E-state index in [0.29, 0.717) is 12.0 Å². The summed E-state index contributed by atoms with van der Waals surface area (Å²) in [5, 5.41) is 13.6. The maximum atomic E-state index is 6.54. The Kier molecular flexibility index (Phi) is 5.64. The molecule has 1 aromatic carbocycles. The Morgan fingerprint density at radius 2 is 1.77 bits per heavy atom. The molecule has 0 radical (unpaired) electrons. The Balaban J connectivity index is 1.72. The van der Waals surface area contributed by atoms with Crippen molar-refractivity contribution in [2.75, 3.05) is 31.9 Å². The molecule has 2 atom stereocenters. The van der Waals surface area contributed by atoms with E-state index in [-0.39, 0.29) is 0 Å². The van der Waals surface area contributed by atoms with Crippen LogP contribution in [0.15, 0.2) is 30.7 Å². The van der Waals surface area contributed by atoms with Crippen LogP contribution in [0.5, 0.6) is 0 Å². The van der Waals surface area contributed by atoms with Crippen LogP contribution in [0.2, 0.25) is 0 Å². The summed E-state index contributed by atoms with van der Waals surface area (Å²) in [4.78, 5) is 8.66. The molecule has 2 saturated heterocycles. The lowest BCUT2D eigenvalue weighted by molar-refractivity contribution is 0.418. The minimum atomic E-state index is 0.419. The average Bonchev–Trinajstić information content (AvgIpc) is 3.00. The molecule has 2 aliphatic heterocycles. The Morgan fingerprint density at radius 1 is 0.933 bits per heavy atom. The molecule has 0 spiro atoms. The molecule has 2 unspecified atom stereocenters. The van der Waals surface area contributed by atoms with Crippen molar-refractivity contribution in [2.24, 2.45) is 0 Å². The third-order valence-corrected chi connectivity index (χ3v) is 6.63. The van der Waals surface area contributed by atoms with Gasteiger partial charge in [-0.2, -0.15) is 5.10 Å². The van der Waals surface area contributed by atoms with Crippen molar-refractivity contribution in [3.63, 3.8) is 0 Å². The second-order valence-electron chi connectivity index (χ2n) is 8.56. The summed E-state index contributed by atoms with van der Waals surface area (Å²) in [6, 6.07) is 6.56. The number of anilines is 1. The van der Waals surface area contributed by atoms with Crippen LogP contribution in [0, 0.1) is 0 Å². The molecule has 158 valence electrons. The number of rotatable bonds is 3. The average molecular weight is 406 g/mol. The lowest BCUT2D eigenvalue weighted by atomic mass is 9.91. The van der Waals surface area contributed by atoms with Gasteiger partial charge in [-0.25, -0.2) is 9.97 Å². The van der Waals surface area contributed by atoms with Crippen LogP contribution in [0.3, 0.4) is 0 Å². The highest BCUT2D eigenvalue weighted by Gasteiger charge is 2.27. The predicted molar refractivity (Wildman–Crippen MR) is 120 cm³/mol. The first kappa shape index (κ1) is 19.5. The van der Waals surface area contributed by atoms with Crippen LogP contribution < -0.4 is 16.4 Å². The summed E-state index contributed by atoms with van der Waals surface area (Å²) in [5.74, 6) is 0.440. The van der Waals surface area contributed by atoms with Gasteiger partial charge in [0.25, 0.3) is 0 Å². The van der Waals surface area contributed by atoms with E-state index in [9.17, 15) is 0 Å². The van der Waals surface area contributed by atoms with Crippen molar-refractivity contribution in [1.29, 1.82) is 0 Å². The monoisotopic (exact) mass is 405 g/mol. The molecule has 7 nitrogen and oxygen atoms in total. The highest BCUT2D eigenvalue weighted by atomic mass is 15.3. The van der Waals surface area contributed by atoms with E-state index < -0.39 is 0 Å². The number of nitrogens with zero attached hydrogens (tertiary/aromatic N) is 4. The lowest BCUT2D eigenvalue weighted by Gasteiger charge is -2.16. The number of nitrogens with two attached hydrogens (primary N) is 1. The molecular formula is C23H31N7. The van der Waals surface area contributed by atoms with E-state index in [2.05, 4.69) is 31.3 Å². The maximum absolute atomic E-state index is 6.54. The smallest absolute Gasteiger partial charge is 0.116 e. The molecule has 0 saturated carbocycles. The highest BCUT2D eigenvalue weighted by molar-refractivity contribution is 6.02. The van der Waals surface area contributed by atoms with E-state index in [4.69, 9.17) is 10.8 Å². The van der Waals surface area contributed by atoms with Gasteiger partial charge in [-0.15, -0.1) is 0 Å². The molecule has 0 aliphatic carbocycles. The number of fused-ring (bicyclic) bond motifs is 1. The van der Waals surface area contributed by atoms with Crippen LogP contribution >= 0.6 is 0 Å². The Bertz CT molecular complexity index is 982. The normalized spacial score (nSPS) is 23.2. The number of hydrogen-bond donors (Lipinski definition) is 3. The van der Waals surface area contributed by atoms with Gasteiger partial charge in [0.1, 0.15) is 6.33 Å². The van der Waals surface area contributed by atoms with Crippen molar-refractivity contribution in [3.8, 4) is 11.3 Å². The lowest BCUT2D eigenvalue weighted by Crippen LogP contribution is -2.16. The van der Waals surface area contributed by atoms with Gasteiger partial charge in [-0.1, -0.05) is 0 Å². The van der Waals surface area contributed by atoms with E-state index in [0.717, 1.165) is 68.8 Å². The van der Waals surface area contributed by atoms with Gasteiger partial charge in [0.05, 0.1) is 22.9 Å². The topological polar surface area (TPSA) is 93.7 Å². The number of benzene rings is 1. The Hall–Kier alpha value is -2.51. The maximum Gasteiger partial charge on any atom is 0.116 e. The third-order valence-electron chi connectivity index (χ3n) is 6.63. The molecule has 7 heteroatoms. The fraction of sp³-hybridized carbons (Fsp3) is 0.522. The molecule has 5 rings (SSSR count). The molecule has 4 N–H and O–H groups in total. The van der Waals surface area contributed by atoms with Crippen LogP contribution in [0.25, 0.3) is 22.2 Å². The molecule has 2 aromatic heterocycles. The zero-order chi connectivity index (χ0) is 20.3. The van der Waals surface area contributed by atoms with Gasteiger partial charge in [0.2, 0.25) is 0 Å². The van der Waals surface area contributed by atoms with E-state index in [1.165, 1.54) is 29.4 Å². The fourth-order valence-electron chi connectivity index (χ4n) is 5.09. The van der Waals surface area contributed by atoms with Crippen molar-refractivity contribution < 1.29 is 0 Å². The number of hydrogen-bond acceptors (Lipinski definition) is 6. The first-order valence-electron chi connectivity index (χ1n) is 11.3. The number of nitrogens with one attached hydrogen (secondary N) is 2. The summed E-state index contributed by atoms with van der Waals surface area (Å²) >= 11 is 0. The van der Waals surface area contributed by atoms with E-state index >= 15 is 0 Å². The minimum absolute atomic E-state index is 0.419. The van der Waals surface area contributed by atoms with Crippen LogP contribution in [-0.2, 0) is 0 Å². The standard InChI is InChI=1S/C23H31N7/c24-18-5-6-20-22(21(18)19-9-14-27-15-28-19)23(16-3-1-10-25-12-7-16)29-30(20)17-4-2-11-26-13-8-17/h5-6,9,14-17,25-26H,1-4,7-8,10-13,24H2. The molecule has 2 aliphatic rings. The summed E-state index contributed by atoms with van der Waals surface area (Å²) in [6.07, 6.45) is 10.3. The van der Waals surface area contributed by atoms with Crippen LogP contribution in [0.4, 0.5) is 5.69 Å². The number of aromatic nitrogens is 4. The van der Waals surface area contributed by atoms with Gasteiger partial charge in [0, 0.05) is 28.8 Å². The van der Waals surface area contributed by atoms with Crippen molar-refractivity contribution in [2.45, 2.75) is 50.5 Å². The van der Waals surface area contributed by atoms with Gasteiger partial charge in [-0.05, 0) is 82.9 Å². The van der Waals surface area contributed by atoms with E-state index in [1.54, 1.807) is 12.5 Å². The highest BCUT2D eigenvalue weighted by Crippen LogP contribution is 2.41. The van der Waals surface area contributed by atoms with Gasteiger partial charge in [-0.3, -0.25) is 4.68 Å². The van der Waals surface area contributed by atoms with Crippen molar-refractivity contribution >= 4 is 16.6 Å². The van der Waals surface area contributed by atoms with Crippen molar-refractivity contribution in [1.82, 2.24) is 30.4 Å². The van der Waals surface area contributed by atoms with E-state index in [1.807, 2.05) is 12.1 Å². The summed E-state index contributed by atoms with van der Waals surface area (Å²) in [7, 11) is 0. The molecule has 30 heavy (non-hydrogen) atoms. The zero-order valence-electron chi connectivity index (χ0n) is 17.5. The molecule has 2 fully saturated rings. The van der Waals surface area contributed by atoms with Gasteiger partial charge < -0.3 is 16.4 Å². The number of nitrogen functional groups attached to an aromatic ring is 1. The fourth-order valence-corrected chi connectivity index (χ4v) is 5.09. The second-order valence-corrected chi connectivity index (χ2v) is 8.56. The van der Waals surface area contributed by atoms with Crippen LogP contribution in [0.1, 0.15) is 56.2 Å². The molecular weight excluding hydrogens is 374 g/mol. The molecule has 3 aromatic rings. The second kappa shape index (κ2) is 8.70. The largest absolute Gasteiger partial charge is 0.398 e. The third kappa shape index (κ3) is 3.68. The van der Waals surface area contributed by atoms with Gasteiger partial charge >= 0.3 is 0 Å². The summed E-state index contributed by atoms with van der Waals surface area (Å²) < 4.78 is 2.31. The summed E-state index contributed by atoms with van der Waals surface area (Å²) in [6.45, 7) is 4.26. The quantitative estimate of drug-likeness (QED) is 0.579. The van der Waals surface area contributed by atoms with Gasteiger partial charge in [0.15, 0.2) is 0 Å². The minimum Gasteiger partial charge on any atom is -0.398 e.